The molecule has 1 aliphatic rings. The Morgan fingerprint density at radius 3 is 2.39 bits per heavy atom. The highest BCUT2D eigenvalue weighted by Gasteiger charge is 2.25. The molecule has 2 aromatic rings. The summed E-state index contributed by atoms with van der Waals surface area (Å²) >= 11 is 5.91. The Kier molecular flexibility index (Phi) is 5.24. The minimum absolute atomic E-state index is 0.725. The van der Waals surface area contributed by atoms with Crippen molar-refractivity contribution >= 4 is 11.6 Å². The summed E-state index contributed by atoms with van der Waals surface area (Å²) in [5.41, 5.74) is 1.34. The maximum atomic E-state index is 5.94. The topological polar surface area (TPSA) is 13.7 Å². The van der Waals surface area contributed by atoms with Gasteiger partial charge in [-0.1, -0.05) is 37.6 Å². The molecule has 2 atom stereocenters. The molecule has 1 fully saturated rings. The average molecular weight is 331 g/mol. The van der Waals surface area contributed by atoms with E-state index in [1.54, 1.807) is 4.90 Å². The van der Waals surface area contributed by atoms with Crippen LogP contribution in [-0.2, 0) is 6.54 Å². The van der Waals surface area contributed by atoms with E-state index in [-0.39, 0.29) is 0 Å². The molecule has 0 saturated carbocycles. The van der Waals surface area contributed by atoms with Gasteiger partial charge in [-0.2, -0.15) is 0 Å². The molecule has 1 N–H and O–H groups in total. The fourth-order valence-corrected chi connectivity index (χ4v) is 3.84. The number of nitrogens with one attached hydrogen (secondary N) is 1. The second-order valence-corrected chi connectivity index (χ2v) is 7.42. The molecule has 1 saturated heterocycles. The number of halogens is 1. The first-order valence-electron chi connectivity index (χ1n) is 8.44. The molecule has 0 radical (unpaired) electrons. The van der Waals surface area contributed by atoms with Gasteiger partial charge in [-0.25, -0.2) is 0 Å². The van der Waals surface area contributed by atoms with Crippen molar-refractivity contribution in [2.75, 3.05) is 13.1 Å². The molecule has 0 aromatic heterocycles. The molecule has 0 aliphatic carbocycles. The number of hydrogen-bond donors (Lipinski definition) is 1. The summed E-state index contributed by atoms with van der Waals surface area (Å²) < 4.78 is 5.94. The Bertz CT molecular complexity index is 630. The molecule has 0 amide bonds. The first kappa shape index (κ1) is 16.4. The molecule has 0 bridgehead atoms. The summed E-state index contributed by atoms with van der Waals surface area (Å²) in [6.07, 6.45) is 1.36. The molecular formula is C20H25ClNO+. The lowest BCUT2D eigenvalue weighted by Crippen LogP contribution is -3.13. The van der Waals surface area contributed by atoms with Crippen LogP contribution in [0.4, 0.5) is 0 Å². The van der Waals surface area contributed by atoms with Crippen LogP contribution in [0.3, 0.4) is 0 Å². The number of benzene rings is 2. The van der Waals surface area contributed by atoms with Gasteiger partial charge in [0, 0.05) is 22.4 Å². The van der Waals surface area contributed by atoms with Crippen LogP contribution in [0.15, 0.2) is 48.5 Å². The quantitative estimate of drug-likeness (QED) is 0.887. The van der Waals surface area contributed by atoms with Crippen LogP contribution in [0.25, 0.3) is 0 Å². The predicted octanol–water partition coefficient (Wildman–Crippen LogP) is 4.19. The first-order valence-corrected chi connectivity index (χ1v) is 8.82. The zero-order chi connectivity index (χ0) is 16.2. The van der Waals surface area contributed by atoms with Gasteiger partial charge in [0.2, 0.25) is 0 Å². The van der Waals surface area contributed by atoms with Crippen molar-refractivity contribution in [3.8, 4) is 11.5 Å². The molecule has 0 spiro atoms. The van der Waals surface area contributed by atoms with Crippen LogP contribution >= 0.6 is 11.6 Å². The normalized spacial score (nSPS) is 24.4. The fraction of sp³-hybridized carbons (Fsp3) is 0.400. The van der Waals surface area contributed by atoms with Gasteiger partial charge in [0.25, 0.3) is 0 Å². The van der Waals surface area contributed by atoms with Crippen molar-refractivity contribution < 1.29 is 9.64 Å². The highest BCUT2D eigenvalue weighted by molar-refractivity contribution is 6.30. The first-order chi connectivity index (χ1) is 11.1. The van der Waals surface area contributed by atoms with Gasteiger partial charge < -0.3 is 9.64 Å². The highest BCUT2D eigenvalue weighted by Crippen LogP contribution is 2.23. The third kappa shape index (κ3) is 4.73. The number of likely N-dealkylation sites (tertiary alicyclic amines) is 1. The van der Waals surface area contributed by atoms with E-state index in [0.29, 0.717) is 0 Å². The number of quaternary nitrogens is 1. The molecule has 3 heteroatoms. The maximum Gasteiger partial charge on any atom is 0.127 e. The average Bonchev–Trinajstić information content (AvgIpc) is 2.49. The van der Waals surface area contributed by atoms with Crippen molar-refractivity contribution in [2.45, 2.75) is 26.8 Å². The summed E-state index contributed by atoms with van der Waals surface area (Å²) in [6.45, 7) is 8.36. The minimum Gasteiger partial charge on any atom is -0.457 e. The number of ether oxygens (including phenoxy) is 1. The van der Waals surface area contributed by atoms with E-state index in [0.717, 1.165) is 34.9 Å². The molecule has 122 valence electrons. The summed E-state index contributed by atoms with van der Waals surface area (Å²) in [5, 5.41) is 0.725. The second-order valence-electron chi connectivity index (χ2n) is 6.98. The van der Waals surface area contributed by atoms with Crippen LogP contribution < -0.4 is 9.64 Å². The van der Waals surface area contributed by atoms with Gasteiger partial charge >= 0.3 is 0 Å². The van der Waals surface area contributed by atoms with Gasteiger partial charge in [-0.3, -0.25) is 0 Å². The molecule has 3 rings (SSSR count). The summed E-state index contributed by atoms with van der Waals surface area (Å²) in [5.74, 6) is 3.35. The van der Waals surface area contributed by atoms with E-state index >= 15 is 0 Å². The lowest BCUT2D eigenvalue weighted by molar-refractivity contribution is -0.925. The largest absolute Gasteiger partial charge is 0.457 e. The standard InChI is InChI=1S/C20H24ClNO/c1-15-10-16(2)13-22(12-15)14-17-4-3-5-20(11-17)23-19-8-6-18(21)7-9-19/h3-9,11,15-16H,10,12-14H2,1-2H3/p+1/t15-,16-/m0/s1. The Balaban J connectivity index is 1.66. The van der Waals surface area contributed by atoms with Crippen LogP contribution in [0, 0.1) is 11.8 Å². The van der Waals surface area contributed by atoms with E-state index < -0.39 is 0 Å². The molecule has 23 heavy (non-hydrogen) atoms. The minimum atomic E-state index is 0.725. The van der Waals surface area contributed by atoms with E-state index in [9.17, 15) is 0 Å². The van der Waals surface area contributed by atoms with Gasteiger partial charge in [0.15, 0.2) is 0 Å². The van der Waals surface area contributed by atoms with Gasteiger partial charge in [-0.05, 0) is 42.8 Å². The Morgan fingerprint density at radius 2 is 1.70 bits per heavy atom. The van der Waals surface area contributed by atoms with Crippen LogP contribution in [0.5, 0.6) is 11.5 Å². The number of rotatable bonds is 4. The Labute approximate surface area is 144 Å². The third-order valence-corrected chi connectivity index (χ3v) is 4.73. The number of piperidine rings is 1. The summed E-state index contributed by atoms with van der Waals surface area (Å²) in [4.78, 5) is 1.68. The second kappa shape index (κ2) is 7.37. The predicted molar refractivity (Wildman–Crippen MR) is 95.3 cm³/mol. The monoisotopic (exact) mass is 330 g/mol. The molecule has 2 nitrogen and oxygen atoms in total. The maximum absolute atomic E-state index is 5.94. The van der Waals surface area contributed by atoms with E-state index in [2.05, 4.69) is 32.0 Å². The smallest absolute Gasteiger partial charge is 0.127 e. The van der Waals surface area contributed by atoms with Gasteiger partial charge in [0.05, 0.1) is 13.1 Å². The van der Waals surface area contributed by atoms with Crippen molar-refractivity contribution in [3.63, 3.8) is 0 Å². The lowest BCUT2D eigenvalue weighted by Gasteiger charge is -2.32. The van der Waals surface area contributed by atoms with Gasteiger partial charge in [-0.15, -0.1) is 0 Å². The molecule has 0 unspecified atom stereocenters. The Morgan fingerprint density at radius 1 is 1.00 bits per heavy atom. The van der Waals surface area contributed by atoms with Crippen molar-refractivity contribution in [1.82, 2.24) is 0 Å². The molecular weight excluding hydrogens is 306 g/mol. The summed E-state index contributed by atoms with van der Waals surface area (Å²) in [7, 11) is 0. The van der Waals surface area contributed by atoms with Crippen molar-refractivity contribution in [1.29, 1.82) is 0 Å². The van der Waals surface area contributed by atoms with E-state index in [1.165, 1.54) is 25.1 Å². The zero-order valence-electron chi connectivity index (χ0n) is 13.9. The summed E-state index contributed by atoms with van der Waals surface area (Å²) in [6, 6.07) is 15.9. The molecule has 2 aromatic carbocycles. The fourth-order valence-electron chi connectivity index (χ4n) is 3.71. The van der Waals surface area contributed by atoms with Crippen LogP contribution in [0.2, 0.25) is 5.02 Å². The molecule has 1 aliphatic heterocycles. The van der Waals surface area contributed by atoms with Crippen molar-refractivity contribution in [2.24, 2.45) is 11.8 Å². The van der Waals surface area contributed by atoms with Gasteiger partial charge in [0.1, 0.15) is 18.0 Å². The zero-order valence-corrected chi connectivity index (χ0v) is 14.6. The third-order valence-electron chi connectivity index (χ3n) is 4.48. The molecule has 1 heterocycles. The highest BCUT2D eigenvalue weighted by atomic mass is 35.5. The van der Waals surface area contributed by atoms with Crippen molar-refractivity contribution in [3.05, 3.63) is 59.1 Å². The van der Waals surface area contributed by atoms with E-state index in [1.807, 2.05) is 30.3 Å². The SMILES string of the molecule is C[C@H]1C[C@H](C)C[NH+](Cc2cccc(Oc3ccc(Cl)cc3)c2)C1. The lowest BCUT2D eigenvalue weighted by atomic mass is 9.91. The van der Waals surface area contributed by atoms with E-state index in [4.69, 9.17) is 16.3 Å². The van der Waals surface area contributed by atoms with Crippen LogP contribution in [-0.4, -0.2) is 13.1 Å². The Hall–Kier alpha value is -1.51. The van der Waals surface area contributed by atoms with Crippen LogP contribution in [0.1, 0.15) is 25.8 Å². The number of hydrogen-bond acceptors (Lipinski definition) is 1.